The average molecular weight is 341 g/mol. The van der Waals surface area contributed by atoms with Gasteiger partial charge in [-0.1, -0.05) is 32.0 Å². The summed E-state index contributed by atoms with van der Waals surface area (Å²) in [5.74, 6) is -0.408. The van der Waals surface area contributed by atoms with Crippen LogP contribution < -0.4 is 10.6 Å². The van der Waals surface area contributed by atoms with Gasteiger partial charge in [0.05, 0.1) is 5.56 Å². The Morgan fingerprint density at radius 1 is 1.12 bits per heavy atom. The molecule has 0 aliphatic rings. The van der Waals surface area contributed by atoms with Crippen molar-refractivity contribution >= 4 is 12.0 Å². The number of carboxylic acids is 1. The molecule has 1 aromatic heterocycles. The molecule has 6 heteroatoms. The van der Waals surface area contributed by atoms with Gasteiger partial charge in [0.15, 0.2) is 0 Å². The third-order valence-electron chi connectivity index (χ3n) is 4.05. The quantitative estimate of drug-likeness (QED) is 0.722. The Morgan fingerprint density at radius 2 is 1.84 bits per heavy atom. The molecule has 2 amide bonds. The van der Waals surface area contributed by atoms with Crippen LogP contribution >= 0.6 is 0 Å². The van der Waals surface area contributed by atoms with Crippen molar-refractivity contribution in [1.29, 1.82) is 0 Å². The zero-order valence-electron chi connectivity index (χ0n) is 14.4. The van der Waals surface area contributed by atoms with E-state index in [1.54, 1.807) is 18.3 Å². The molecule has 132 valence electrons. The van der Waals surface area contributed by atoms with Crippen LogP contribution in [0.15, 0.2) is 48.8 Å². The van der Waals surface area contributed by atoms with Crippen molar-refractivity contribution in [3.8, 4) is 0 Å². The molecule has 25 heavy (non-hydrogen) atoms. The van der Waals surface area contributed by atoms with E-state index in [-0.39, 0.29) is 17.5 Å². The third kappa shape index (κ3) is 5.60. The molecule has 0 aliphatic heterocycles. The topological polar surface area (TPSA) is 91.3 Å². The Bertz CT molecular complexity index is 700. The van der Waals surface area contributed by atoms with E-state index in [1.807, 2.05) is 18.3 Å². The summed E-state index contributed by atoms with van der Waals surface area (Å²) in [5, 5.41) is 14.5. The monoisotopic (exact) mass is 341 g/mol. The molecule has 0 bridgehead atoms. The average Bonchev–Trinajstić information content (AvgIpc) is 2.61. The van der Waals surface area contributed by atoms with E-state index in [0.29, 0.717) is 19.0 Å². The minimum Gasteiger partial charge on any atom is -0.478 e. The fourth-order valence-electron chi connectivity index (χ4n) is 2.55. The van der Waals surface area contributed by atoms with Crippen LogP contribution in [0.5, 0.6) is 0 Å². The lowest BCUT2D eigenvalue weighted by Gasteiger charge is -2.21. The fourth-order valence-corrected chi connectivity index (χ4v) is 2.55. The maximum absolute atomic E-state index is 12.0. The molecule has 0 fully saturated rings. The normalized spacial score (nSPS) is 11.8. The lowest BCUT2D eigenvalue weighted by Crippen LogP contribution is -2.38. The summed E-state index contributed by atoms with van der Waals surface area (Å²) in [6, 6.07) is 10.1. The number of nitrogens with one attached hydrogen (secondary N) is 2. The number of hydrogen-bond donors (Lipinski definition) is 3. The molecular weight excluding hydrogens is 318 g/mol. The molecule has 1 atom stereocenters. The first kappa shape index (κ1) is 18.4. The summed E-state index contributed by atoms with van der Waals surface area (Å²) in [6.07, 6.45) is 3.56. The largest absolute Gasteiger partial charge is 0.478 e. The Morgan fingerprint density at radius 3 is 2.40 bits per heavy atom. The van der Waals surface area contributed by atoms with E-state index in [2.05, 4.69) is 29.5 Å². The first-order valence-electron chi connectivity index (χ1n) is 8.21. The Balaban J connectivity index is 1.84. The predicted octanol–water partition coefficient (Wildman–Crippen LogP) is 3.02. The number of nitrogens with zero attached hydrogens (tertiary/aromatic N) is 1. The molecular formula is C19H23N3O3. The first-order valence-corrected chi connectivity index (χ1v) is 8.21. The summed E-state index contributed by atoms with van der Waals surface area (Å²) in [7, 11) is 0. The van der Waals surface area contributed by atoms with Crippen LogP contribution in [0.4, 0.5) is 4.79 Å². The van der Waals surface area contributed by atoms with Crippen molar-refractivity contribution < 1.29 is 14.7 Å². The second kappa shape index (κ2) is 8.82. The maximum atomic E-state index is 12.0. The van der Waals surface area contributed by atoms with Gasteiger partial charge in [-0.2, -0.15) is 0 Å². The highest BCUT2D eigenvalue weighted by atomic mass is 16.4. The van der Waals surface area contributed by atoms with Gasteiger partial charge in [-0.15, -0.1) is 0 Å². The van der Waals surface area contributed by atoms with Gasteiger partial charge in [-0.25, -0.2) is 9.59 Å². The van der Waals surface area contributed by atoms with Gasteiger partial charge >= 0.3 is 12.0 Å². The van der Waals surface area contributed by atoms with Crippen molar-refractivity contribution in [3.63, 3.8) is 0 Å². The van der Waals surface area contributed by atoms with E-state index in [1.165, 1.54) is 12.1 Å². The SMILES string of the molecule is CC(C)C(CNC(=O)NCc1ccc(C(=O)O)cc1)c1cccnc1. The lowest BCUT2D eigenvalue weighted by atomic mass is 9.89. The minimum atomic E-state index is -0.965. The van der Waals surface area contributed by atoms with Gasteiger partial charge in [-0.05, 0) is 35.2 Å². The number of carbonyl (C=O) groups is 2. The summed E-state index contributed by atoms with van der Waals surface area (Å²) in [5.41, 5.74) is 2.17. The summed E-state index contributed by atoms with van der Waals surface area (Å²) in [6.45, 7) is 5.08. The van der Waals surface area contributed by atoms with E-state index < -0.39 is 5.97 Å². The molecule has 2 aromatic rings. The molecule has 0 saturated heterocycles. The number of amides is 2. The van der Waals surface area contributed by atoms with Gasteiger partial charge in [0.1, 0.15) is 0 Å². The number of carbonyl (C=O) groups excluding carboxylic acids is 1. The molecule has 1 unspecified atom stereocenters. The smallest absolute Gasteiger partial charge is 0.335 e. The van der Waals surface area contributed by atoms with E-state index >= 15 is 0 Å². The first-order chi connectivity index (χ1) is 12.0. The highest BCUT2D eigenvalue weighted by Gasteiger charge is 2.16. The number of rotatable bonds is 7. The Labute approximate surface area is 147 Å². The number of hydrogen-bond acceptors (Lipinski definition) is 3. The van der Waals surface area contributed by atoms with Crippen molar-refractivity contribution in [1.82, 2.24) is 15.6 Å². The minimum absolute atomic E-state index is 0.189. The summed E-state index contributed by atoms with van der Waals surface area (Å²) < 4.78 is 0. The maximum Gasteiger partial charge on any atom is 0.335 e. The molecule has 0 radical (unpaired) electrons. The number of pyridine rings is 1. The van der Waals surface area contributed by atoms with Crippen LogP contribution in [0.2, 0.25) is 0 Å². The molecule has 2 rings (SSSR count). The number of aromatic nitrogens is 1. The standard InChI is InChI=1S/C19H23N3O3/c1-13(2)17(16-4-3-9-20-11-16)12-22-19(25)21-10-14-5-7-15(8-6-14)18(23)24/h3-9,11,13,17H,10,12H2,1-2H3,(H,23,24)(H2,21,22,25). The van der Waals surface area contributed by atoms with Gasteiger partial charge in [-0.3, -0.25) is 4.98 Å². The molecule has 0 aliphatic carbocycles. The highest BCUT2D eigenvalue weighted by molar-refractivity contribution is 5.87. The van der Waals surface area contributed by atoms with Crippen molar-refractivity contribution in [2.45, 2.75) is 26.3 Å². The number of urea groups is 1. The van der Waals surface area contributed by atoms with E-state index in [9.17, 15) is 9.59 Å². The van der Waals surface area contributed by atoms with Crippen molar-refractivity contribution in [3.05, 3.63) is 65.5 Å². The lowest BCUT2D eigenvalue weighted by molar-refractivity contribution is 0.0697. The highest BCUT2D eigenvalue weighted by Crippen LogP contribution is 2.22. The van der Waals surface area contributed by atoms with Crippen LogP contribution in [0.25, 0.3) is 0 Å². The van der Waals surface area contributed by atoms with Crippen molar-refractivity contribution in [2.24, 2.45) is 5.92 Å². The van der Waals surface area contributed by atoms with Crippen LogP contribution in [-0.2, 0) is 6.54 Å². The zero-order chi connectivity index (χ0) is 18.2. The molecule has 0 saturated carbocycles. The van der Waals surface area contributed by atoms with Gasteiger partial charge in [0.25, 0.3) is 0 Å². The predicted molar refractivity (Wildman–Crippen MR) is 95.5 cm³/mol. The Hall–Kier alpha value is -2.89. The van der Waals surface area contributed by atoms with Crippen LogP contribution in [0.3, 0.4) is 0 Å². The number of aromatic carboxylic acids is 1. The summed E-state index contributed by atoms with van der Waals surface area (Å²) in [4.78, 5) is 27.0. The third-order valence-corrected chi connectivity index (χ3v) is 4.05. The molecule has 0 spiro atoms. The molecule has 3 N–H and O–H groups in total. The second-order valence-corrected chi connectivity index (χ2v) is 6.20. The zero-order valence-corrected chi connectivity index (χ0v) is 14.4. The second-order valence-electron chi connectivity index (χ2n) is 6.20. The summed E-state index contributed by atoms with van der Waals surface area (Å²) >= 11 is 0. The van der Waals surface area contributed by atoms with Crippen LogP contribution in [0.1, 0.15) is 41.3 Å². The fraction of sp³-hybridized carbons (Fsp3) is 0.316. The van der Waals surface area contributed by atoms with Crippen LogP contribution in [-0.4, -0.2) is 28.6 Å². The van der Waals surface area contributed by atoms with Gasteiger partial charge in [0.2, 0.25) is 0 Å². The number of carboxylic acid groups (broad SMARTS) is 1. The van der Waals surface area contributed by atoms with Crippen LogP contribution in [0, 0.1) is 5.92 Å². The number of benzene rings is 1. The Kier molecular flexibility index (Phi) is 6.51. The molecule has 1 aromatic carbocycles. The van der Waals surface area contributed by atoms with Crippen molar-refractivity contribution in [2.75, 3.05) is 6.54 Å². The van der Waals surface area contributed by atoms with E-state index in [4.69, 9.17) is 5.11 Å². The van der Waals surface area contributed by atoms with E-state index in [0.717, 1.165) is 11.1 Å². The van der Waals surface area contributed by atoms with Gasteiger partial charge in [0, 0.05) is 31.4 Å². The van der Waals surface area contributed by atoms with Gasteiger partial charge < -0.3 is 15.7 Å². The molecule has 6 nitrogen and oxygen atoms in total. The molecule has 1 heterocycles.